The van der Waals surface area contributed by atoms with E-state index >= 15 is 0 Å². The van der Waals surface area contributed by atoms with Gasteiger partial charge < -0.3 is 14.5 Å². The van der Waals surface area contributed by atoms with E-state index in [1.54, 1.807) is 43.3 Å². The molecule has 1 fully saturated rings. The van der Waals surface area contributed by atoms with Crippen LogP contribution in [0.1, 0.15) is 23.0 Å². The number of benzene rings is 1. The van der Waals surface area contributed by atoms with Gasteiger partial charge in [0.1, 0.15) is 15.8 Å². The van der Waals surface area contributed by atoms with E-state index in [-0.39, 0.29) is 11.9 Å². The first-order valence-electron chi connectivity index (χ1n) is 7.19. The number of nitrogens with one attached hydrogen (secondary N) is 1. The highest BCUT2D eigenvalue weighted by Crippen LogP contribution is 2.28. The maximum Gasteiger partial charge on any atom is 0.338 e. The van der Waals surface area contributed by atoms with E-state index in [1.165, 1.54) is 11.8 Å². The average molecular weight is 359 g/mol. The molecule has 5 nitrogen and oxygen atoms in total. The van der Waals surface area contributed by atoms with Crippen molar-refractivity contribution in [2.45, 2.75) is 6.92 Å². The molecule has 1 aromatic heterocycles. The highest BCUT2D eigenvalue weighted by molar-refractivity contribution is 8.26. The molecule has 0 spiro atoms. The number of rotatable bonds is 4. The zero-order chi connectivity index (χ0) is 17.1. The van der Waals surface area contributed by atoms with Gasteiger partial charge in [-0.2, -0.15) is 0 Å². The van der Waals surface area contributed by atoms with Crippen LogP contribution in [0.4, 0.5) is 0 Å². The van der Waals surface area contributed by atoms with Gasteiger partial charge in [-0.25, -0.2) is 4.79 Å². The molecule has 0 bridgehead atoms. The molecule has 1 amide bonds. The Bertz CT molecular complexity index is 837. The summed E-state index contributed by atoms with van der Waals surface area (Å²) in [5.41, 5.74) is 1.31. The van der Waals surface area contributed by atoms with E-state index in [4.69, 9.17) is 21.4 Å². The first-order chi connectivity index (χ1) is 11.6. The second kappa shape index (κ2) is 7.02. The largest absolute Gasteiger partial charge is 0.462 e. The molecule has 0 saturated carbocycles. The summed E-state index contributed by atoms with van der Waals surface area (Å²) >= 11 is 6.15. The third kappa shape index (κ3) is 3.58. The first kappa shape index (κ1) is 16.5. The van der Waals surface area contributed by atoms with E-state index in [1.807, 2.05) is 6.07 Å². The summed E-state index contributed by atoms with van der Waals surface area (Å²) in [6.45, 7) is 2.10. The number of ether oxygens (including phenoxy) is 1. The van der Waals surface area contributed by atoms with Gasteiger partial charge in [0.25, 0.3) is 5.91 Å². The van der Waals surface area contributed by atoms with Crippen LogP contribution in [-0.4, -0.2) is 22.8 Å². The minimum Gasteiger partial charge on any atom is -0.462 e. The van der Waals surface area contributed by atoms with Crippen molar-refractivity contribution in [1.82, 2.24) is 5.32 Å². The van der Waals surface area contributed by atoms with Crippen molar-refractivity contribution >= 4 is 46.3 Å². The van der Waals surface area contributed by atoms with Crippen LogP contribution in [0.5, 0.6) is 0 Å². The zero-order valence-electron chi connectivity index (χ0n) is 12.7. The van der Waals surface area contributed by atoms with Crippen LogP contribution < -0.4 is 5.32 Å². The molecule has 1 N–H and O–H groups in total. The lowest BCUT2D eigenvalue weighted by Gasteiger charge is -2.02. The van der Waals surface area contributed by atoms with E-state index in [0.29, 0.717) is 32.9 Å². The van der Waals surface area contributed by atoms with Gasteiger partial charge in [0.2, 0.25) is 0 Å². The molecular weight excluding hydrogens is 346 g/mol. The van der Waals surface area contributed by atoms with Crippen LogP contribution >= 0.6 is 24.0 Å². The maximum atomic E-state index is 11.6. The fourth-order valence-electron chi connectivity index (χ4n) is 2.12. The van der Waals surface area contributed by atoms with Crippen LogP contribution in [-0.2, 0) is 9.53 Å². The Morgan fingerprint density at radius 2 is 2.04 bits per heavy atom. The summed E-state index contributed by atoms with van der Waals surface area (Å²) < 4.78 is 11.1. The van der Waals surface area contributed by atoms with Gasteiger partial charge in [0, 0.05) is 11.6 Å². The Morgan fingerprint density at radius 3 is 2.67 bits per heavy atom. The van der Waals surface area contributed by atoms with E-state index in [0.717, 1.165) is 5.56 Å². The summed E-state index contributed by atoms with van der Waals surface area (Å²) in [4.78, 5) is 23.8. The van der Waals surface area contributed by atoms with Crippen molar-refractivity contribution in [2.24, 2.45) is 0 Å². The molecule has 1 aliphatic rings. The zero-order valence-corrected chi connectivity index (χ0v) is 14.3. The van der Waals surface area contributed by atoms with Crippen molar-refractivity contribution < 1.29 is 18.7 Å². The summed E-state index contributed by atoms with van der Waals surface area (Å²) in [7, 11) is 0. The Labute approximate surface area is 148 Å². The van der Waals surface area contributed by atoms with E-state index in [9.17, 15) is 9.59 Å². The Morgan fingerprint density at radius 1 is 1.29 bits per heavy atom. The van der Waals surface area contributed by atoms with Crippen LogP contribution in [0.15, 0.2) is 45.7 Å². The van der Waals surface area contributed by atoms with Crippen LogP contribution in [0.25, 0.3) is 17.4 Å². The van der Waals surface area contributed by atoms with Gasteiger partial charge >= 0.3 is 5.97 Å². The minimum absolute atomic E-state index is 0.221. The molecule has 7 heteroatoms. The summed E-state index contributed by atoms with van der Waals surface area (Å²) in [6.07, 6.45) is 1.65. The molecule has 1 aromatic carbocycles. The smallest absolute Gasteiger partial charge is 0.338 e. The number of thiocarbonyl (C=S) groups is 1. The average Bonchev–Trinajstić information content (AvgIpc) is 3.15. The highest BCUT2D eigenvalue weighted by Gasteiger charge is 2.22. The number of esters is 1. The molecule has 0 aliphatic carbocycles. The minimum atomic E-state index is -0.353. The molecule has 3 rings (SSSR count). The Balaban J connectivity index is 1.78. The number of hydrogen-bond acceptors (Lipinski definition) is 6. The topological polar surface area (TPSA) is 68.5 Å². The van der Waals surface area contributed by atoms with Crippen molar-refractivity contribution in [1.29, 1.82) is 0 Å². The van der Waals surface area contributed by atoms with Gasteiger partial charge in [-0.05, 0) is 31.2 Å². The van der Waals surface area contributed by atoms with Crippen LogP contribution in [0.3, 0.4) is 0 Å². The summed E-state index contributed by atoms with van der Waals surface area (Å²) in [6, 6.07) is 10.5. The summed E-state index contributed by atoms with van der Waals surface area (Å²) in [5.74, 6) is 0.626. The molecule has 1 saturated heterocycles. The number of furan rings is 1. The maximum absolute atomic E-state index is 11.6. The molecular formula is C17H13NO4S2. The lowest BCUT2D eigenvalue weighted by Crippen LogP contribution is -2.17. The quantitative estimate of drug-likeness (QED) is 0.511. The Hall–Kier alpha value is -2.38. The van der Waals surface area contributed by atoms with Crippen molar-refractivity contribution in [3.8, 4) is 11.3 Å². The van der Waals surface area contributed by atoms with Crippen molar-refractivity contribution in [3.63, 3.8) is 0 Å². The van der Waals surface area contributed by atoms with Crippen LogP contribution in [0, 0.1) is 0 Å². The third-order valence-corrected chi connectivity index (χ3v) is 4.39. The van der Waals surface area contributed by atoms with E-state index in [2.05, 4.69) is 5.32 Å². The van der Waals surface area contributed by atoms with Gasteiger partial charge in [0.05, 0.1) is 17.1 Å². The monoisotopic (exact) mass is 359 g/mol. The number of carbonyl (C=O) groups excluding carboxylic acids is 2. The van der Waals surface area contributed by atoms with Crippen LogP contribution in [0.2, 0.25) is 0 Å². The lowest BCUT2D eigenvalue weighted by atomic mass is 10.1. The normalized spacial score (nSPS) is 15.6. The molecule has 2 aromatic rings. The highest BCUT2D eigenvalue weighted by atomic mass is 32.2. The molecule has 24 heavy (non-hydrogen) atoms. The second-order valence-corrected chi connectivity index (χ2v) is 6.57. The SMILES string of the molecule is CCOC(=O)c1ccc(-c2ccc(/C=C3/SC(=S)NC3=O)o2)cc1. The lowest BCUT2D eigenvalue weighted by molar-refractivity contribution is -0.115. The van der Waals surface area contributed by atoms with Gasteiger partial charge in [-0.1, -0.05) is 36.1 Å². The molecule has 122 valence electrons. The standard InChI is InChI=1S/C17H13NO4S2/c1-2-21-16(20)11-5-3-10(4-6-11)13-8-7-12(22-13)9-14-15(19)18-17(23)24-14/h3-9H,2H2,1H3,(H,18,19,23)/b14-9+. The first-order valence-corrected chi connectivity index (χ1v) is 8.41. The molecule has 1 aliphatic heterocycles. The van der Waals surface area contributed by atoms with Crippen molar-refractivity contribution in [3.05, 3.63) is 52.6 Å². The second-order valence-electron chi connectivity index (χ2n) is 4.85. The molecule has 2 heterocycles. The number of carbonyl (C=O) groups is 2. The third-order valence-electron chi connectivity index (χ3n) is 3.22. The predicted octanol–water partition coefficient (Wildman–Crippen LogP) is 3.61. The predicted molar refractivity (Wildman–Crippen MR) is 96.4 cm³/mol. The summed E-state index contributed by atoms with van der Waals surface area (Å²) in [5, 5.41) is 2.55. The number of hydrogen-bond donors (Lipinski definition) is 1. The van der Waals surface area contributed by atoms with E-state index < -0.39 is 0 Å². The van der Waals surface area contributed by atoms with Crippen molar-refractivity contribution in [2.75, 3.05) is 6.61 Å². The fraction of sp³-hybridized carbons (Fsp3) is 0.118. The fourth-order valence-corrected chi connectivity index (χ4v) is 3.15. The molecule has 0 atom stereocenters. The number of amides is 1. The van der Waals surface area contributed by atoms with Gasteiger partial charge in [-0.3, -0.25) is 4.79 Å². The Kier molecular flexibility index (Phi) is 4.82. The van der Waals surface area contributed by atoms with Gasteiger partial charge in [0.15, 0.2) is 0 Å². The molecule has 0 unspecified atom stereocenters. The molecule has 0 radical (unpaired) electrons. The number of thioether (sulfide) groups is 1. The van der Waals surface area contributed by atoms with Gasteiger partial charge in [-0.15, -0.1) is 0 Å².